The smallest absolute Gasteiger partial charge is 0.288 e. The van der Waals surface area contributed by atoms with Gasteiger partial charge in [-0.15, -0.1) is 5.10 Å². The predicted octanol–water partition coefficient (Wildman–Crippen LogP) is 5.10. The molecule has 2 aromatic heterocycles. The second-order valence-electron chi connectivity index (χ2n) is 11.1. The van der Waals surface area contributed by atoms with Crippen LogP contribution in [-0.2, 0) is 6.54 Å². The van der Waals surface area contributed by atoms with Crippen LogP contribution in [0.15, 0.2) is 35.3 Å². The minimum absolute atomic E-state index is 0.150. The summed E-state index contributed by atoms with van der Waals surface area (Å²) < 4.78 is 3.21. The number of hydrogen-bond acceptors (Lipinski definition) is 4. The molecule has 1 amide bonds. The third kappa shape index (κ3) is 4.18. The van der Waals surface area contributed by atoms with Gasteiger partial charge in [0.1, 0.15) is 5.56 Å². The fourth-order valence-corrected chi connectivity index (χ4v) is 7.28. The SMILES string of the molecule is CCCCCn1cc(C(=O)NC23CC4CC(CC(C4)C2)C3)c(=O)n2nc(-c3ccc(Cl)cc3)nc12. The van der Waals surface area contributed by atoms with E-state index >= 15 is 0 Å². The number of hydrogen-bond donors (Lipinski definition) is 1. The van der Waals surface area contributed by atoms with Gasteiger partial charge in [0.25, 0.3) is 11.5 Å². The summed E-state index contributed by atoms with van der Waals surface area (Å²) in [6, 6.07) is 7.23. The second-order valence-corrected chi connectivity index (χ2v) is 11.5. The van der Waals surface area contributed by atoms with Crippen LogP contribution in [0.5, 0.6) is 0 Å². The average molecular weight is 494 g/mol. The van der Waals surface area contributed by atoms with E-state index in [-0.39, 0.29) is 17.0 Å². The Labute approximate surface area is 209 Å². The van der Waals surface area contributed by atoms with Crippen LogP contribution in [0.4, 0.5) is 0 Å². The molecule has 184 valence electrons. The van der Waals surface area contributed by atoms with E-state index in [0.29, 0.717) is 40.9 Å². The molecule has 0 spiro atoms. The van der Waals surface area contributed by atoms with E-state index < -0.39 is 5.56 Å². The van der Waals surface area contributed by atoms with Crippen LogP contribution in [0, 0.1) is 17.8 Å². The van der Waals surface area contributed by atoms with Crippen molar-refractivity contribution in [2.45, 2.75) is 76.8 Å². The molecule has 1 N–H and O–H groups in total. The molecule has 3 aromatic rings. The summed E-state index contributed by atoms with van der Waals surface area (Å²) in [6.45, 7) is 2.83. The van der Waals surface area contributed by atoms with Gasteiger partial charge in [-0.2, -0.15) is 9.50 Å². The van der Waals surface area contributed by atoms with Crippen molar-refractivity contribution in [1.82, 2.24) is 24.5 Å². The fraction of sp³-hybridized carbons (Fsp3) is 0.556. The topological polar surface area (TPSA) is 81.3 Å². The molecule has 1 aromatic carbocycles. The van der Waals surface area contributed by atoms with E-state index in [1.165, 1.54) is 23.8 Å². The van der Waals surface area contributed by atoms with Crippen LogP contribution in [0.25, 0.3) is 17.2 Å². The van der Waals surface area contributed by atoms with E-state index in [9.17, 15) is 9.59 Å². The van der Waals surface area contributed by atoms with Crippen molar-refractivity contribution in [2.24, 2.45) is 17.8 Å². The van der Waals surface area contributed by atoms with Crippen molar-refractivity contribution in [1.29, 1.82) is 0 Å². The first kappa shape index (κ1) is 22.8. The molecule has 4 fully saturated rings. The summed E-state index contributed by atoms with van der Waals surface area (Å²) in [7, 11) is 0. The predicted molar refractivity (Wildman–Crippen MR) is 136 cm³/mol. The summed E-state index contributed by atoms with van der Waals surface area (Å²) in [5.74, 6) is 2.78. The van der Waals surface area contributed by atoms with Gasteiger partial charge in [-0.05, 0) is 87.0 Å². The number of amides is 1. The highest BCUT2D eigenvalue weighted by Gasteiger charge is 2.51. The maximum Gasteiger partial charge on any atom is 0.288 e. The molecule has 0 radical (unpaired) electrons. The number of aromatic nitrogens is 4. The highest BCUT2D eigenvalue weighted by molar-refractivity contribution is 6.30. The Morgan fingerprint density at radius 3 is 2.37 bits per heavy atom. The molecule has 4 bridgehead atoms. The summed E-state index contributed by atoms with van der Waals surface area (Å²) in [5.41, 5.74) is 0.355. The minimum Gasteiger partial charge on any atom is -0.346 e. The highest BCUT2D eigenvalue weighted by atomic mass is 35.5. The number of nitrogens with zero attached hydrogens (tertiary/aromatic N) is 4. The minimum atomic E-state index is -0.415. The quantitative estimate of drug-likeness (QED) is 0.464. The highest BCUT2D eigenvalue weighted by Crippen LogP contribution is 2.55. The lowest BCUT2D eigenvalue weighted by atomic mass is 9.53. The molecule has 4 saturated carbocycles. The maximum atomic E-state index is 13.6. The van der Waals surface area contributed by atoms with Crippen molar-refractivity contribution >= 4 is 23.3 Å². The number of carbonyl (C=O) groups excluding carboxylic acids is 1. The van der Waals surface area contributed by atoms with Crippen molar-refractivity contribution in [3.63, 3.8) is 0 Å². The Morgan fingerprint density at radius 1 is 1.09 bits per heavy atom. The molecule has 4 aliphatic carbocycles. The zero-order chi connectivity index (χ0) is 24.2. The molecular formula is C27H32ClN5O2. The first-order valence-electron chi connectivity index (χ1n) is 13.0. The third-order valence-corrected chi connectivity index (χ3v) is 8.57. The number of nitrogens with one attached hydrogen (secondary N) is 1. The number of benzene rings is 1. The van der Waals surface area contributed by atoms with Crippen LogP contribution < -0.4 is 10.9 Å². The normalized spacial score (nSPS) is 27.0. The van der Waals surface area contributed by atoms with E-state index in [4.69, 9.17) is 11.6 Å². The Hall–Kier alpha value is -2.67. The molecule has 7 nitrogen and oxygen atoms in total. The van der Waals surface area contributed by atoms with Gasteiger partial charge in [0.2, 0.25) is 5.78 Å². The average Bonchev–Trinajstić information content (AvgIpc) is 3.26. The van der Waals surface area contributed by atoms with Crippen molar-refractivity contribution in [3.05, 3.63) is 51.4 Å². The van der Waals surface area contributed by atoms with Gasteiger partial charge < -0.3 is 9.88 Å². The van der Waals surface area contributed by atoms with Gasteiger partial charge in [0.15, 0.2) is 5.82 Å². The van der Waals surface area contributed by atoms with Crippen molar-refractivity contribution in [2.75, 3.05) is 0 Å². The number of halogens is 1. The molecule has 0 unspecified atom stereocenters. The fourth-order valence-electron chi connectivity index (χ4n) is 7.15. The number of rotatable bonds is 7. The van der Waals surface area contributed by atoms with Gasteiger partial charge in [0, 0.05) is 28.9 Å². The lowest BCUT2D eigenvalue weighted by Gasteiger charge is -2.56. The van der Waals surface area contributed by atoms with Crippen LogP contribution >= 0.6 is 11.6 Å². The van der Waals surface area contributed by atoms with Crippen LogP contribution in [0.2, 0.25) is 5.02 Å². The number of carbonyl (C=O) groups is 1. The molecule has 8 heteroatoms. The summed E-state index contributed by atoms with van der Waals surface area (Å²) in [4.78, 5) is 31.8. The zero-order valence-electron chi connectivity index (χ0n) is 20.2. The van der Waals surface area contributed by atoms with Gasteiger partial charge in [-0.25, -0.2) is 0 Å². The van der Waals surface area contributed by atoms with Gasteiger partial charge in [0.05, 0.1) is 0 Å². The molecule has 2 heterocycles. The van der Waals surface area contributed by atoms with Gasteiger partial charge >= 0.3 is 0 Å². The Balaban J connectivity index is 1.37. The standard InChI is InChI=1S/C27H32ClN5O2/c1-2-3-4-9-32-16-22(24(34)30-27-13-17-10-18(14-27)12-19(11-17)15-27)25(35)33-26(32)29-23(31-33)20-5-7-21(28)8-6-20/h5-8,16-19H,2-4,9-15H2,1H3,(H,30,34). The largest absolute Gasteiger partial charge is 0.346 e. The third-order valence-electron chi connectivity index (χ3n) is 8.32. The van der Waals surface area contributed by atoms with Crippen LogP contribution in [0.3, 0.4) is 0 Å². The van der Waals surface area contributed by atoms with E-state index in [1.807, 2.05) is 16.7 Å². The number of aryl methyl sites for hydroxylation is 1. The lowest BCUT2D eigenvalue weighted by molar-refractivity contribution is -0.0167. The number of unbranched alkanes of at least 4 members (excludes halogenated alkanes) is 2. The molecule has 35 heavy (non-hydrogen) atoms. The first-order chi connectivity index (χ1) is 16.9. The maximum absolute atomic E-state index is 13.6. The molecular weight excluding hydrogens is 462 g/mol. The van der Waals surface area contributed by atoms with Crippen molar-refractivity contribution < 1.29 is 4.79 Å². The molecule has 4 aliphatic rings. The summed E-state index contributed by atoms with van der Waals surface area (Å²) in [6.07, 6.45) is 11.8. The summed E-state index contributed by atoms with van der Waals surface area (Å²) >= 11 is 6.04. The summed E-state index contributed by atoms with van der Waals surface area (Å²) in [5, 5.41) is 8.50. The Kier molecular flexibility index (Phi) is 5.71. The number of fused-ring (bicyclic) bond motifs is 1. The molecule has 0 atom stereocenters. The van der Waals surface area contributed by atoms with Crippen LogP contribution in [-0.4, -0.2) is 30.6 Å². The molecule has 0 saturated heterocycles. The second kappa shape index (κ2) is 8.77. The lowest BCUT2D eigenvalue weighted by Crippen LogP contribution is -2.60. The first-order valence-corrected chi connectivity index (χ1v) is 13.4. The van der Waals surface area contributed by atoms with Crippen LogP contribution in [0.1, 0.15) is 75.1 Å². The zero-order valence-corrected chi connectivity index (χ0v) is 20.9. The molecule has 7 rings (SSSR count). The van der Waals surface area contributed by atoms with Gasteiger partial charge in [-0.3, -0.25) is 9.59 Å². The van der Waals surface area contributed by atoms with E-state index in [0.717, 1.165) is 44.1 Å². The molecule has 0 aliphatic heterocycles. The Bertz CT molecular complexity index is 1290. The van der Waals surface area contributed by atoms with Gasteiger partial charge in [-0.1, -0.05) is 31.4 Å². The van der Waals surface area contributed by atoms with E-state index in [2.05, 4.69) is 22.3 Å². The Morgan fingerprint density at radius 2 is 1.74 bits per heavy atom. The van der Waals surface area contributed by atoms with E-state index in [1.54, 1.807) is 18.3 Å². The van der Waals surface area contributed by atoms with Crippen molar-refractivity contribution in [3.8, 4) is 11.4 Å². The monoisotopic (exact) mass is 493 g/mol.